The van der Waals surface area contributed by atoms with Crippen LogP contribution >= 0.6 is 15.9 Å². The normalized spacial score (nSPS) is 25.5. The minimum absolute atomic E-state index is 0.0146. The smallest absolute Gasteiger partial charge is 0.295 e. The van der Waals surface area contributed by atoms with Crippen molar-refractivity contribution in [3.8, 4) is 0 Å². The van der Waals surface area contributed by atoms with E-state index in [1.165, 1.54) is 0 Å². The third-order valence-electron chi connectivity index (χ3n) is 1.71. The summed E-state index contributed by atoms with van der Waals surface area (Å²) in [6.45, 7) is 0. The average molecular weight is 243 g/mol. The van der Waals surface area contributed by atoms with Crippen molar-refractivity contribution < 1.29 is 18.0 Å². The molecule has 1 rings (SSSR count). The van der Waals surface area contributed by atoms with E-state index in [9.17, 15) is 18.0 Å². The number of ketones is 1. The van der Waals surface area contributed by atoms with Gasteiger partial charge in [0.2, 0.25) is 0 Å². The first-order chi connectivity index (χ1) is 5.41. The molecule has 0 aromatic rings. The summed E-state index contributed by atoms with van der Waals surface area (Å²) in [7, 11) is 0. The Morgan fingerprint density at radius 1 is 1.50 bits per heavy atom. The summed E-state index contributed by atoms with van der Waals surface area (Å²) in [6, 6.07) is 0. The van der Waals surface area contributed by atoms with Crippen molar-refractivity contribution in [2.24, 2.45) is 5.92 Å². The predicted octanol–water partition coefficient (Wildman–Crippen LogP) is 2.81. The number of allylic oxidation sites excluding steroid dienone is 2. The second-order valence-corrected chi connectivity index (χ2v) is 3.54. The fourth-order valence-corrected chi connectivity index (χ4v) is 1.81. The number of carbonyl (C=O) groups is 1. The molecule has 0 bridgehead atoms. The molecule has 0 amide bonds. The van der Waals surface area contributed by atoms with Gasteiger partial charge < -0.3 is 0 Å². The van der Waals surface area contributed by atoms with Crippen molar-refractivity contribution in [2.75, 3.05) is 0 Å². The molecule has 0 fully saturated rings. The topological polar surface area (TPSA) is 17.1 Å². The second kappa shape index (κ2) is 3.20. The van der Waals surface area contributed by atoms with Crippen molar-refractivity contribution in [1.29, 1.82) is 0 Å². The zero-order valence-corrected chi connectivity index (χ0v) is 7.58. The highest BCUT2D eigenvalue weighted by atomic mass is 79.9. The summed E-state index contributed by atoms with van der Waals surface area (Å²) in [5.74, 6) is -1.74. The minimum atomic E-state index is -4.24. The van der Waals surface area contributed by atoms with E-state index >= 15 is 0 Å². The molecule has 0 spiro atoms. The molecular formula is C7H6BrF3O. The molecular weight excluding hydrogens is 237 g/mol. The Morgan fingerprint density at radius 2 is 2.08 bits per heavy atom. The lowest BCUT2D eigenvalue weighted by molar-refractivity contribution is -0.164. The Morgan fingerprint density at radius 3 is 2.50 bits per heavy atom. The number of hydrogen-bond donors (Lipinski definition) is 0. The van der Waals surface area contributed by atoms with Crippen molar-refractivity contribution >= 4 is 21.7 Å². The van der Waals surface area contributed by atoms with Crippen molar-refractivity contribution in [3.63, 3.8) is 0 Å². The monoisotopic (exact) mass is 242 g/mol. The largest absolute Gasteiger partial charge is 0.396 e. The first kappa shape index (κ1) is 9.77. The van der Waals surface area contributed by atoms with Gasteiger partial charge in [-0.2, -0.15) is 13.2 Å². The van der Waals surface area contributed by atoms with Gasteiger partial charge in [0.1, 0.15) is 0 Å². The van der Waals surface area contributed by atoms with Gasteiger partial charge >= 0.3 is 6.18 Å². The zero-order valence-electron chi connectivity index (χ0n) is 5.99. The lowest BCUT2D eigenvalue weighted by Gasteiger charge is -2.22. The number of halogens is 4. The number of carbonyl (C=O) groups excluding carboxylic acids is 1. The Hall–Kier alpha value is -0.320. The maximum Gasteiger partial charge on any atom is 0.396 e. The van der Waals surface area contributed by atoms with Gasteiger partial charge in [0.05, 0.1) is 5.92 Å². The molecule has 0 aromatic carbocycles. The highest BCUT2D eigenvalue weighted by Crippen LogP contribution is 2.40. The Bertz CT molecular complexity index is 231. The molecule has 1 atom stereocenters. The fourth-order valence-electron chi connectivity index (χ4n) is 1.07. The number of rotatable bonds is 0. The highest BCUT2D eigenvalue weighted by molar-refractivity contribution is 9.11. The van der Waals surface area contributed by atoms with Crippen LogP contribution in [0.4, 0.5) is 13.2 Å². The van der Waals surface area contributed by atoms with Gasteiger partial charge in [-0.1, -0.05) is 15.9 Å². The SMILES string of the molecule is O=C1C=C(Br)C(C(F)(F)F)CC1. The molecule has 0 radical (unpaired) electrons. The molecule has 1 aliphatic carbocycles. The minimum Gasteiger partial charge on any atom is -0.295 e. The van der Waals surface area contributed by atoms with Gasteiger partial charge in [-0.25, -0.2) is 0 Å². The van der Waals surface area contributed by atoms with Crippen LogP contribution in [0, 0.1) is 5.92 Å². The highest BCUT2D eigenvalue weighted by Gasteiger charge is 2.42. The zero-order chi connectivity index (χ0) is 9.35. The summed E-state index contributed by atoms with van der Waals surface area (Å²) >= 11 is 2.75. The molecule has 0 heterocycles. The van der Waals surface area contributed by atoms with Gasteiger partial charge in [0.25, 0.3) is 0 Å². The molecule has 1 nitrogen and oxygen atoms in total. The summed E-state index contributed by atoms with van der Waals surface area (Å²) in [6.07, 6.45) is -3.38. The first-order valence-corrected chi connectivity index (χ1v) is 4.17. The van der Waals surface area contributed by atoms with E-state index in [0.29, 0.717) is 0 Å². The quantitative estimate of drug-likeness (QED) is 0.639. The third kappa shape index (κ3) is 2.09. The lowest BCUT2D eigenvalue weighted by atomic mass is 9.95. The van der Waals surface area contributed by atoms with Crippen LogP contribution in [0.5, 0.6) is 0 Å². The van der Waals surface area contributed by atoms with E-state index in [1.54, 1.807) is 0 Å². The van der Waals surface area contributed by atoms with E-state index in [-0.39, 0.29) is 23.1 Å². The maximum atomic E-state index is 12.1. The molecule has 1 unspecified atom stereocenters. The molecule has 12 heavy (non-hydrogen) atoms. The molecule has 0 aromatic heterocycles. The van der Waals surface area contributed by atoms with Crippen LogP contribution in [-0.4, -0.2) is 12.0 Å². The number of alkyl halides is 3. The van der Waals surface area contributed by atoms with Gasteiger partial charge in [-0.15, -0.1) is 0 Å². The van der Waals surface area contributed by atoms with Crippen molar-refractivity contribution in [3.05, 3.63) is 10.6 Å². The van der Waals surface area contributed by atoms with Gasteiger partial charge in [-0.3, -0.25) is 4.79 Å². The van der Waals surface area contributed by atoms with E-state index in [1.807, 2.05) is 0 Å². The standard InChI is InChI=1S/C7H6BrF3O/c8-6-3-4(12)1-2-5(6)7(9,10)11/h3,5H,1-2H2. The molecule has 1 aliphatic rings. The molecule has 5 heteroatoms. The average Bonchev–Trinajstić information content (AvgIpc) is 1.83. The van der Waals surface area contributed by atoms with Crippen LogP contribution < -0.4 is 0 Å². The fraction of sp³-hybridized carbons (Fsp3) is 0.571. The summed E-state index contributed by atoms with van der Waals surface area (Å²) in [5.41, 5.74) is 0. The van der Waals surface area contributed by atoms with E-state index in [4.69, 9.17) is 0 Å². The Kier molecular flexibility index (Phi) is 2.61. The van der Waals surface area contributed by atoms with Crippen LogP contribution in [0.1, 0.15) is 12.8 Å². The molecule has 68 valence electrons. The van der Waals surface area contributed by atoms with Crippen LogP contribution in [0.3, 0.4) is 0 Å². The van der Waals surface area contributed by atoms with E-state index in [2.05, 4.69) is 15.9 Å². The molecule has 0 aliphatic heterocycles. The van der Waals surface area contributed by atoms with Crippen LogP contribution in [-0.2, 0) is 4.79 Å². The van der Waals surface area contributed by atoms with E-state index < -0.39 is 12.1 Å². The Balaban J connectivity index is 2.83. The molecule has 0 saturated heterocycles. The van der Waals surface area contributed by atoms with Gasteiger partial charge in [-0.05, 0) is 12.5 Å². The predicted molar refractivity (Wildman–Crippen MR) is 40.8 cm³/mol. The first-order valence-electron chi connectivity index (χ1n) is 3.38. The van der Waals surface area contributed by atoms with Crippen molar-refractivity contribution in [2.45, 2.75) is 19.0 Å². The van der Waals surface area contributed by atoms with Crippen LogP contribution in [0.25, 0.3) is 0 Å². The second-order valence-electron chi connectivity index (χ2n) is 2.63. The summed E-state index contributed by atoms with van der Waals surface area (Å²) in [4.78, 5) is 10.7. The maximum absolute atomic E-state index is 12.1. The van der Waals surface area contributed by atoms with Gasteiger partial charge in [0, 0.05) is 10.9 Å². The van der Waals surface area contributed by atoms with E-state index in [0.717, 1.165) is 6.08 Å². The summed E-state index contributed by atoms with van der Waals surface area (Å²) in [5, 5.41) is 0. The van der Waals surface area contributed by atoms with Crippen LogP contribution in [0.2, 0.25) is 0 Å². The molecule has 0 N–H and O–H groups in total. The number of hydrogen-bond acceptors (Lipinski definition) is 1. The van der Waals surface area contributed by atoms with Crippen molar-refractivity contribution in [1.82, 2.24) is 0 Å². The van der Waals surface area contributed by atoms with Gasteiger partial charge in [0.15, 0.2) is 5.78 Å². The molecule has 0 saturated carbocycles. The van der Waals surface area contributed by atoms with Crippen LogP contribution in [0.15, 0.2) is 10.6 Å². The third-order valence-corrected chi connectivity index (χ3v) is 2.49. The lowest BCUT2D eigenvalue weighted by Crippen LogP contribution is -2.26. The summed E-state index contributed by atoms with van der Waals surface area (Å²) < 4.78 is 36.4. The Labute approximate surface area is 75.8 Å².